The average Bonchev–Trinajstić information content (AvgIpc) is 3.10. The Kier molecular flexibility index (Phi) is 4.84. The minimum absolute atomic E-state index is 0.452. The highest BCUT2D eigenvalue weighted by Crippen LogP contribution is 2.77. The fourth-order valence-electron chi connectivity index (χ4n) is 11.4. The molecule has 0 radical (unpaired) electrons. The van der Waals surface area contributed by atoms with Crippen molar-refractivity contribution in [1.82, 2.24) is 0 Å². The molecule has 0 heteroatoms. The third kappa shape index (κ3) is 2.66. The molecule has 0 aromatic rings. The highest BCUT2D eigenvalue weighted by Gasteiger charge is 2.69. The summed E-state index contributed by atoms with van der Waals surface area (Å²) in [5.74, 6) is 5.54. The van der Waals surface area contributed by atoms with Crippen molar-refractivity contribution in [3.63, 3.8) is 0 Å². The lowest BCUT2D eigenvalue weighted by Gasteiger charge is -2.73. The third-order valence-corrected chi connectivity index (χ3v) is 14.1. The van der Waals surface area contributed by atoms with E-state index in [0.717, 1.165) is 35.5 Å². The summed E-state index contributed by atoms with van der Waals surface area (Å²) < 4.78 is 0. The van der Waals surface area contributed by atoms with Crippen LogP contribution in [0.2, 0.25) is 0 Å². The zero-order chi connectivity index (χ0) is 22.6. The number of allylic oxidation sites excluding steroid dienone is 1. The zero-order valence-electron chi connectivity index (χ0n) is 22.2. The Morgan fingerprint density at radius 1 is 0.677 bits per heavy atom. The molecule has 31 heavy (non-hydrogen) atoms. The van der Waals surface area contributed by atoms with Gasteiger partial charge in [-0.2, -0.15) is 0 Å². The number of fused-ring (bicyclic) bond motifs is 7. The molecule has 0 N–H and O–H groups in total. The van der Waals surface area contributed by atoms with Gasteiger partial charge in [0, 0.05) is 0 Å². The van der Waals surface area contributed by atoms with Crippen LogP contribution in [0.4, 0.5) is 0 Å². The molecule has 0 nitrogen and oxygen atoms in total. The van der Waals surface area contributed by atoms with Gasteiger partial charge in [0.15, 0.2) is 0 Å². The summed E-state index contributed by atoms with van der Waals surface area (Å²) in [4.78, 5) is 0. The van der Waals surface area contributed by atoms with Crippen molar-refractivity contribution in [3.05, 3.63) is 12.2 Å². The molecule has 5 aliphatic carbocycles. The van der Waals surface area contributed by atoms with Crippen molar-refractivity contribution in [2.24, 2.45) is 62.6 Å². The van der Waals surface area contributed by atoms with Gasteiger partial charge in [0.2, 0.25) is 0 Å². The molecule has 9 atom stereocenters. The van der Waals surface area contributed by atoms with Crippen LogP contribution >= 0.6 is 0 Å². The fourth-order valence-corrected chi connectivity index (χ4v) is 11.4. The second-order valence-electron chi connectivity index (χ2n) is 15.2. The molecule has 176 valence electrons. The second kappa shape index (κ2) is 6.66. The Hall–Kier alpha value is -0.260. The van der Waals surface area contributed by atoms with Gasteiger partial charge in [-0.05, 0) is 134 Å². The van der Waals surface area contributed by atoms with E-state index < -0.39 is 0 Å². The van der Waals surface area contributed by atoms with Gasteiger partial charge in [-0.1, -0.05) is 60.6 Å². The second-order valence-corrected chi connectivity index (χ2v) is 15.2. The molecule has 0 heterocycles. The quantitative estimate of drug-likeness (QED) is 0.368. The molecule has 5 saturated carbocycles. The maximum atomic E-state index is 4.48. The fraction of sp³-hybridized carbons (Fsp3) is 0.935. The topological polar surface area (TPSA) is 0 Å². The van der Waals surface area contributed by atoms with E-state index in [1.165, 1.54) is 69.8 Å². The van der Waals surface area contributed by atoms with Crippen LogP contribution in [0.5, 0.6) is 0 Å². The smallest absolute Gasteiger partial charge is 0.0175 e. The van der Waals surface area contributed by atoms with Gasteiger partial charge in [0.1, 0.15) is 0 Å². The Bertz CT molecular complexity index is 756. The zero-order valence-corrected chi connectivity index (χ0v) is 22.2. The first-order chi connectivity index (χ1) is 14.3. The first kappa shape index (κ1) is 22.5. The van der Waals surface area contributed by atoms with Crippen LogP contribution in [0.25, 0.3) is 0 Å². The molecule has 0 aromatic heterocycles. The summed E-state index contributed by atoms with van der Waals surface area (Å²) in [5.41, 5.74) is 4.04. The van der Waals surface area contributed by atoms with E-state index in [1.54, 1.807) is 0 Å². The summed E-state index contributed by atoms with van der Waals surface area (Å²) in [6.45, 7) is 25.6. The van der Waals surface area contributed by atoms with Crippen LogP contribution in [-0.4, -0.2) is 0 Å². The largest absolute Gasteiger partial charge is 0.0999 e. The summed E-state index contributed by atoms with van der Waals surface area (Å²) >= 11 is 0. The van der Waals surface area contributed by atoms with Gasteiger partial charge in [0.25, 0.3) is 0 Å². The van der Waals surface area contributed by atoms with Gasteiger partial charge in [-0.25, -0.2) is 0 Å². The number of hydrogen-bond donors (Lipinski definition) is 0. The molecular formula is C31H52. The van der Waals surface area contributed by atoms with E-state index in [2.05, 4.69) is 62.0 Å². The van der Waals surface area contributed by atoms with E-state index in [-0.39, 0.29) is 0 Å². The molecule has 0 amide bonds. The molecule has 0 saturated heterocycles. The SMILES string of the molecule is C=C(C)[C@@H]1CCC2CC[C@]3(C)C(CCC4[C@@]5(C)CCC(C)(C)C(C)(C)C5CC[C@]43C)C21. The maximum Gasteiger partial charge on any atom is -0.0175 e. The lowest BCUT2D eigenvalue weighted by atomic mass is 9.31. The van der Waals surface area contributed by atoms with Crippen LogP contribution in [0, 0.1) is 62.6 Å². The van der Waals surface area contributed by atoms with Crippen LogP contribution in [0.1, 0.15) is 120 Å². The maximum absolute atomic E-state index is 4.48. The van der Waals surface area contributed by atoms with E-state index in [0.29, 0.717) is 27.1 Å². The van der Waals surface area contributed by atoms with Crippen molar-refractivity contribution in [2.75, 3.05) is 0 Å². The van der Waals surface area contributed by atoms with Crippen molar-refractivity contribution < 1.29 is 0 Å². The van der Waals surface area contributed by atoms with Gasteiger partial charge in [-0.3, -0.25) is 0 Å². The van der Waals surface area contributed by atoms with Crippen LogP contribution in [0.15, 0.2) is 12.2 Å². The Morgan fingerprint density at radius 2 is 1.35 bits per heavy atom. The molecule has 0 bridgehead atoms. The van der Waals surface area contributed by atoms with Crippen LogP contribution in [-0.2, 0) is 0 Å². The predicted molar refractivity (Wildman–Crippen MR) is 134 cm³/mol. The summed E-state index contributed by atoms with van der Waals surface area (Å²) in [5, 5.41) is 0. The summed E-state index contributed by atoms with van der Waals surface area (Å²) in [7, 11) is 0. The minimum atomic E-state index is 0.452. The third-order valence-electron chi connectivity index (χ3n) is 14.1. The molecule has 5 aliphatic rings. The van der Waals surface area contributed by atoms with E-state index in [1.807, 2.05) is 0 Å². The molecule has 0 spiro atoms. The van der Waals surface area contributed by atoms with Crippen molar-refractivity contribution >= 4 is 0 Å². The normalized spacial score (nSPS) is 54.8. The Morgan fingerprint density at radius 3 is 2.03 bits per heavy atom. The summed E-state index contributed by atoms with van der Waals surface area (Å²) in [6.07, 6.45) is 14.8. The van der Waals surface area contributed by atoms with Gasteiger partial charge >= 0.3 is 0 Å². The van der Waals surface area contributed by atoms with Crippen molar-refractivity contribution in [2.45, 2.75) is 120 Å². The van der Waals surface area contributed by atoms with Gasteiger partial charge in [0.05, 0.1) is 0 Å². The van der Waals surface area contributed by atoms with Crippen LogP contribution < -0.4 is 0 Å². The average molecular weight is 425 g/mol. The Labute approximate surface area is 194 Å². The van der Waals surface area contributed by atoms with E-state index in [9.17, 15) is 0 Å². The Balaban J connectivity index is 1.53. The van der Waals surface area contributed by atoms with Crippen LogP contribution in [0.3, 0.4) is 0 Å². The molecule has 5 unspecified atom stereocenters. The van der Waals surface area contributed by atoms with Crippen molar-refractivity contribution in [1.29, 1.82) is 0 Å². The molecule has 0 aliphatic heterocycles. The van der Waals surface area contributed by atoms with Crippen molar-refractivity contribution in [3.8, 4) is 0 Å². The lowest BCUT2D eigenvalue weighted by Crippen LogP contribution is -2.66. The highest BCUT2D eigenvalue weighted by atomic mass is 14.7. The number of hydrogen-bond acceptors (Lipinski definition) is 0. The molecule has 5 rings (SSSR count). The lowest BCUT2D eigenvalue weighted by molar-refractivity contribution is -0.243. The summed E-state index contributed by atoms with van der Waals surface area (Å²) in [6, 6.07) is 0. The number of rotatable bonds is 1. The predicted octanol–water partition coefficient (Wildman–Crippen LogP) is 9.30. The first-order valence-corrected chi connectivity index (χ1v) is 13.9. The monoisotopic (exact) mass is 424 g/mol. The standard InChI is InChI=1S/C31H52/c1-20(2)22-11-10-21-14-16-30(8)23(26(21)22)12-13-25-29(7)19-18-27(3,4)28(5,6)24(29)15-17-31(25,30)9/h21-26H,1,10-19H2,2-9H3/t21?,22-,23?,24?,25?,26?,29-,30+,31+/m0/s1. The van der Waals surface area contributed by atoms with Gasteiger partial charge < -0.3 is 0 Å². The molecule has 0 aromatic carbocycles. The minimum Gasteiger partial charge on any atom is -0.0999 e. The van der Waals surface area contributed by atoms with E-state index >= 15 is 0 Å². The molecule has 5 fully saturated rings. The van der Waals surface area contributed by atoms with Gasteiger partial charge in [-0.15, -0.1) is 0 Å². The van der Waals surface area contributed by atoms with E-state index in [4.69, 9.17) is 0 Å². The first-order valence-electron chi connectivity index (χ1n) is 13.9. The highest BCUT2D eigenvalue weighted by molar-refractivity contribution is 5.19. The molecular weight excluding hydrogens is 372 g/mol.